The van der Waals surface area contributed by atoms with Crippen molar-refractivity contribution in [3.05, 3.63) is 24.3 Å². The maximum absolute atomic E-state index is 12.6. The molecular formula is C14H22N3O4S2+. The standard InChI is InChI=1S/C14H21N3O4S2/c1-16-8-10-17(11-9-16)23(20,21)14-6-4-13(5-7-14)22(18,19)15-12-2-3-12/h4-7,12,15H,2-3,8-11H2,1H3/p+1. The smallest absolute Gasteiger partial charge is 0.243 e. The van der Waals surface area contributed by atoms with Gasteiger partial charge in [-0.2, -0.15) is 4.31 Å². The third kappa shape index (κ3) is 3.74. The molecule has 1 heterocycles. The number of hydrogen-bond acceptors (Lipinski definition) is 4. The molecule has 1 saturated carbocycles. The van der Waals surface area contributed by atoms with Crippen LogP contribution in [0.25, 0.3) is 0 Å². The Morgan fingerprint density at radius 2 is 1.52 bits per heavy atom. The van der Waals surface area contributed by atoms with Crippen LogP contribution in [-0.2, 0) is 20.0 Å². The molecule has 0 bridgehead atoms. The molecule has 2 fully saturated rings. The van der Waals surface area contributed by atoms with Gasteiger partial charge in [0.2, 0.25) is 20.0 Å². The Bertz CT molecular complexity index is 763. The first kappa shape index (κ1) is 16.8. The number of nitrogens with one attached hydrogen (secondary N) is 2. The Hall–Kier alpha value is -1.00. The number of nitrogens with zero attached hydrogens (tertiary/aromatic N) is 1. The van der Waals surface area contributed by atoms with Crippen molar-refractivity contribution < 1.29 is 21.7 Å². The van der Waals surface area contributed by atoms with Crippen LogP contribution in [0.5, 0.6) is 0 Å². The zero-order valence-electron chi connectivity index (χ0n) is 13.0. The van der Waals surface area contributed by atoms with Gasteiger partial charge in [-0.3, -0.25) is 0 Å². The number of sulfonamides is 2. The monoisotopic (exact) mass is 360 g/mol. The lowest BCUT2D eigenvalue weighted by molar-refractivity contribution is -0.883. The summed E-state index contributed by atoms with van der Waals surface area (Å²) in [6, 6.07) is 5.50. The van der Waals surface area contributed by atoms with Gasteiger partial charge in [-0.1, -0.05) is 0 Å². The normalized spacial score (nSPS) is 21.4. The lowest BCUT2D eigenvalue weighted by Crippen LogP contribution is -3.12. The minimum absolute atomic E-state index is 0.0243. The Kier molecular flexibility index (Phi) is 4.49. The third-order valence-electron chi connectivity index (χ3n) is 4.25. The van der Waals surface area contributed by atoms with Crippen LogP contribution < -0.4 is 9.62 Å². The molecule has 0 unspecified atom stereocenters. The van der Waals surface area contributed by atoms with Crippen LogP contribution in [0.2, 0.25) is 0 Å². The molecule has 2 N–H and O–H groups in total. The summed E-state index contributed by atoms with van der Waals surface area (Å²) in [6.07, 6.45) is 1.72. The summed E-state index contributed by atoms with van der Waals surface area (Å²) < 4.78 is 53.5. The van der Waals surface area contributed by atoms with Gasteiger partial charge in [0.05, 0.1) is 43.0 Å². The minimum atomic E-state index is -3.55. The maximum Gasteiger partial charge on any atom is 0.243 e. The van der Waals surface area contributed by atoms with E-state index in [-0.39, 0.29) is 15.8 Å². The molecule has 128 valence electrons. The summed E-state index contributed by atoms with van der Waals surface area (Å²) >= 11 is 0. The van der Waals surface area contributed by atoms with Crippen molar-refractivity contribution in [3.63, 3.8) is 0 Å². The number of hydrogen-bond donors (Lipinski definition) is 2. The fourth-order valence-electron chi connectivity index (χ4n) is 2.54. The van der Waals surface area contributed by atoms with Crippen molar-refractivity contribution in [2.45, 2.75) is 28.7 Å². The fourth-order valence-corrected chi connectivity index (χ4v) is 5.28. The van der Waals surface area contributed by atoms with Crippen LogP contribution in [0, 0.1) is 0 Å². The van der Waals surface area contributed by atoms with Gasteiger partial charge in [-0.15, -0.1) is 0 Å². The molecule has 0 atom stereocenters. The van der Waals surface area contributed by atoms with E-state index < -0.39 is 20.0 Å². The van der Waals surface area contributed by atoms with E-state index in [1.807, 2.05) is 7.05 Å². The highest BCUT2D eigenvalue weighted by atomic mass is 32.2. The summed E-state index contributed by atoms with van der Waals surface area (Å²) in [4.78, 5) is 1.55. The molecule has 3 rings (SSSR count). The second kappa shape index (κ2) is 6.14. The van der Waals surface area contributed by atoms with E-state index in [0.29, 0.717) is 13.1 Å². The van der Waals surface area contributed by atoms with Gasteiger partial charge in [0, 0.05) is 6.04 Å². The van der Waals surface area contributed by atoms with E-state index in [2.05, 4.69) is 4.72 Å². The lowest BCUT2D eigenvalue weighted by atomic mass is 10.4. The predicted molar refractivity (Wildman–Crippen MR) is 85.2 cm³/mol. The van der Waals surface area contributed by atoms with Crippen LogP contribution in [0.15, 0.2) is 34.1 Å². The molecule has 0 aromatic heterocycles. The topological polar surface area (TPSA) is 88.0 Å². The Labute approximate surface area is 137 Å². The van der Waals surface area contributed by atoms with Crippen molar-refractivity contribution in [1.82, 2.24) is 9.03 Å². The van der Waals surface area contributed by atoms with E-state index >= 15 is 0 Å². The van der Waals surface area contributed by atoms with Gasteiger partial charge < -0.3 is 4.90 Å². The average Bonchev–Trinajstić information content (AvgIpc) is 3.31. The fraction of sp³-hybridized carbons (Fsp3) is 0.571. The molecule has 0 amide bonds. The number of likely N-dealkylation sites (N-methyl/N-ethyl adjacent to an activating group) is 1. The molecule has 1 saturated heterocycles. The Morgan fingerprint density at radius 3 is 2.04 bits per heavy atom. The van der Waals surface area contributed by atoms with Gasteiger partial charge in [0.15, 0.2) is 0 Å². The number of quaternary nitrogens is 1. The minimum Gasteiger partial charge on any atom is -0.335 e. The van der Waals surface area contributed by atoms with Crippen LogP contribution in [0.4, 0.5) is 0 Å². The van der Waals surface area contributed by atoms with Crippen LogP contribution in [0.1, 0.15) is 12.8 Å². The van der Waals surface area contributed by atoms with Gasteiger partial charge in [0.1, 0.15) is 0 Å². The summed E-state index contributed by atoms with van der Waals surface area (Å²) in [5.74, 6) is 0. The SMILES string of the molecule is C[NH+]1CCN(S(=O)(=O)c2ccc(S(=O)(=O)NC3CC3)cc2)CC1. The summed E-state index contributed by atoms with van der Waals surface area (Å²) in [6.45, 7) is 2.52. The van der Waals surface area contributed by atoms with Crippen molar-refractivity contribution in [2.24, 2.45) is 0 Å². The molecule has 1 aliphatic heterocycles. The molecular weight excluding hydrogens is 338 g/mol. The molecule has 0 radical (unpaired) electrons. The van der Waals surface area contributed by atoms with Gasteiger partial charge in [-0.25, -0.2) is 21.6 Å². The highest BCUT2D eigenvalue weighted by Gasteiger charge is 2.30. The summed E-state index contributed by atoms with van der Waals surface area (Å²) in [7, 11) is -5.07. The molecule has 1 aromatic carbocycles. The molecule has 9 heteroatoms. The first-order chi connectivity index (χ1) is 10.8. The van der Waals surface area contributed by atoms with Gasteiger partial charge in [-0.05, 0) is 37.1 Å². The van der Waals surface area contributed by atoms with Gasteiger partial charge >= 0.3 is 0 Å². The first-order valence-electron chi connectivity index (χ1n) is 7.73. The Balaban J connectivity index is 1.78. The van der Waals surface area contributed by atoms with Crippen molar-refractivity contribution in [1.29, 1.82) is 0 Å². The van der Waals surface area contributed by atoms with Gasteiger partial charge in [0.25, 0.3) is 0 Å². The van der Waals surface area contributed by atoms with E-state index in [9.17, 15) is 16.8 Å². The van der Waals surface area contributed by atoms with Crippen molar-refractivity contribution in [3.8, 4) is 0 Å². The van der Waals surface area contributed by atoms with Crippen LogP contribution in [-0.4, -0.2) is 60.4 Å². The van der Waals surface area contributed by atoms with E-state index in [1.54, 1.807) is 0 Å². The zero-order chi connectivity index (χ0) is 16.7. The van der Waals surface area contributed by atoms with E-state index in [1.165, 1.54) is 33.5 Å². The van der Waals surface area contributed by atoms with E-state index in [0.717, 1.165) is 25.9 Å². The quantitative estimate of drug-likeness (QED) is 0.679. The van der Waals surface area contributed by atoms with Crippen LogP contribution >= 0.6 is 0 Å². The van der Waals surface area contributed by atoms with E-state index in [4.69, 9.17) is 0 Å². The zero-order valence-corrected chi connectivity index (χ0v) is 14.7. The first-order valence-corrected chi connectivity index (χ1v) is 10.7. The molecule has 1 aromatic rings. The highest BCUT2D eigenvalue weighted by Crippen LogP contribution is 2.23. The highest BCUT2D eigenvalue weighted by molar-refractivity contribution is 7.89. The van der Waals surface area contributed by atoms with Crippen molar-refractivity contribution >= 4 is 20.0 Å². The largest absolute Gasteiger partial charge is 0.335 e. The third-order valence-corrected chi connectivity index (χ3v) is 7.70. The average molecular weight is 360 g/mol. The molecule has 23 heavy (non-hydrogen) atoms. The summed E-state index contributed by atoms with van der Waals surface area (Å²) in [5, 5.41) is 0. The van der Waals surface area contributed by atoms with Crippen molar-refractivity contribution in [2.75, 3.05) is 33.2 Å². The molecule has 1 aliphatic carbocycles. The summed E-state index contributed by atoms with van der Waals surface area (Å²) in [5.41, 5.74) is 0. The second-order valence-corrected chi connectivity index (χ2v) is 9.88. The predicted octanol–water partition coefficient (Wildman–Crippen LogP) is -1.35. The number of rotatable bonds is 5. The maximum atomic E-state index is 12.6. The molecule has 7 nitrogen and oxygen atoms in total. The molecule has 0 spiro atoms. The Morgan fingerprint density at radius 1 is 1.00 bits per heavy atom. The number of benzene rings is 1. The lowest BCUT2D eigenvalue weighted by Gasteiger charge is -2.29. The van der Waals surface area contributed by atoms with Crippen LogP contribution in [0.3, 0.4) is 0 Å². The number of piperazine rings is 1. The molecule has 2 aliphatic rings. The second-order valence-electron chi connectivity index (χ2n) is 6.23.